The van der Waals surface area contributed by atoms with E-state index in [4.69, 9.17) is 10.5 Å². The monoisotopic (exact) mass is 233 g/mol. The first-order valence-electron chi connectivity index (χ1n) is 5.78. The van der Waals surface area contributed by atoms with E-state index in [9.17, 15) is 9.59 Å². The Morgan fingerprint density at radius 2 is 1.71 bits per heavy atom. The van der Waals surface area contributed by atoms with E-state index in [0.717, 1.165) is 25.7 Å². The minimum Gasteiger partial charge on any atom is -0.426 e. The lowest BCUT2D eigenvalue weighted by Gasteiger charge is -2.09. The summed E-state index contributed by atoms with van der Waals surface area (Å²) in [5.74, 6) is -0.161. The Bertz CT molecular complexity index is 419. The lowest BCUT2D eigenvalue weighted by atomic mass is 10.1. The molecule has 1 aliphatic carbocycles. The highest BCUT2D eigenvalue weighted by molar-refractivity contribution is 5.92. The minimum absolute atomic E-state index is 0.0332. The zero-order chi connectivity index (χ0) is 12.3. The summed E-state index contributed by atoms with van der Waals surface area (Å²) >= 11 is 0. The molecule has 0 aromatic heterocycles. The van der Waals surface area contributed by atoms with Gasteiger partial charge in [0.1, 0.15) is 5.75 Å². The number of ether oxygens (including phenoxy) is 1. The Kier molecular flexibility index (Phi) is 3.42. The average molecular weight is 233 g/mol. The van der Waals surface area contributed by atoms with Crippen LogP contribution in [0.15, 0.2) is 24.3 Å². The van der Waals surface area contributed by atoms with Crippen molar-refractivity contribution >= 4 is 11.9 Å². The normalized spacial score (nSPS) is 15.8. The molecular formula is C13H15NO3. The highest BCUT2D eigenvalue weighted by Crippen LogP contribution is 2.26. The van der Waals surface area contributed by atoms with Gasteiger partial charge in [0.05, 0.1) is 5.92 Å². The zero-order valence-corrected chi connectivity index (χ0v) is 9.52. The highest BCUT2D eigenvalue weighted by Gasteiger charge is 2.24. The molecule has 1 saturated carbocycles. The molecule has 2 N–H and O–H groups in total. The number of carbonyl (C=O) groups excluding carboxylic acids is 2. The molecule has 17 heavy (non-hydrogen) atoms. The summed E-state index contributed by atoms with van der Waals surface area (Å²) in [6, 6.07) is 6.29. The number of rotatable bonds is 3. The molecule has 2 rings (SSSR count). The summed E-state index contributed by atoms with van der Waals surface area (Å²) < 4.78 is 5.24. The highest BCUT2D eigenvalue weighted by atomic mass is 16.5. The van der Waals surface area contributed by atoms with Crippen LogP contribution in [0, 0.1) is 5.92 Å². The summed E-state index contributed by atoms with van der Waals surface area (Å²) in [6.07, 6.45) is 4.02. The Morgan fingerprint density at radius 1 is 1.12 bits per heavy atom. The van der Waals surface area contributed by atoms with Crippen molar-refractivity contribution in [3.8, 4) is 5.75 Å². The molecule has 0 heterocycles. The van der Waals surface area contributed by atoms with Gasteiger partial charge < -0.3 is 10.5 Å². The molecule has 0 aliphatic heterocycles. The van der Waals surface area contributed by atoms with Crippen molar-refractivity contribution in [2.45, 2.75) is 25.7 Å². The second kappa shape index (κ2) is 4.99. The maximum Gasteiger partial charge on any atom is 0.314 e. The molecule has 0 atom stereocenters. The fourth-order valence-electron chi connectivity index (χ4n) is 2.05. The molecule has 1 aromatic rings. The number of esters is 1. The van der Waals surface area contributed by atoms with E-state index in [1.807, 2.05) is 0 Å². The van der Waals surface area contributed by atoms with E-state index in [0.29, 0.717) is 11.3 Å². The van der Waals surface area contributed by atoms with Gasteiger partial charge in [-0.1, -0.05) is 12.8 Å². The van der Waals surface area contributed by atoms with Crippen molar-refractivity contribution in [1.82, 2.24) is 0 Å². The standard InChI is InChI=1S/C13H15NO3/c14-12(15)9-5-7-11(8-6-9)17-13(16)10-3-1-2-4-10/h5-8,10H,1-4H2,(H2,14,15). The number of hydrogen-bond donors (Lipinski definition) is 1. The molecule has 4 heteroatoms. The van der Waals surface area contributed by atoms with E-state index >= 15 is 0 Å². The van der Waals surface area contributed by atoms with E-state index in [1.54, 1.807) is 24.3 Å². The first kappa shape index (κ1) is 11.6. The van der Waals surface area contributed by atoms with Gasteiger partial charge in [0, 0.05) is 5.56 Å². The van der Waals surface area contributed by atoms with Gasteiger partial charge in [-0.05, 0) is 37.1 Å². The molecule has 0 radical (unpaired) electrons. The van der Waals surface area contributed by atoms with Gasteiger partial charge >= 0.3 is 5.97 Å². The fraction of sp³-hybridized carbons (Fsp3) is 0.385. The first-order chi connectivity index (χ1) is 8.16. The van der Waals surface area contributed by atoms with Crippen LogP contribution in [0.5, 0.6) is 5.75 Å². The topological polar surface area (TPSA) is 69.4 Å². The summed E-state index contributed by atoms with van der Waals surface area (Å²) in [6.45, 7) is 0. The van der Waals surface area contributed by atoms with Crippen LogP contribution in [0.3, 0.4) is 0 Å². The predicted octanol–water partition coefficient (Wildman–Crippen LogP) is 1.88. The van der Waals surface area contributed by atoms with Crippen LogP contribution in [0.2, 0.25) is 0 Å². The molecule has 4 nitrogen and oxygen atoms in total. The fourth-order valence-corrected chi connectivity index (χ4v) is 2.05. The van der Waals surface area contributed by atoms with Crippen molar-refractivity contribution in [2.24, 2.45) is 11.7 Å². The molecule has 0 bridgehead atoms. The first-order valence-corrected chi connectivity index (χ1v) is 5.78. The van der Waals surface area contributed by atoms with Crippen LogP contribution in [-0.4, -0.2) is 11.9 Å². The van der Waals surface area contributed by atoms with Crippen molar-refractivity contribution in [3.05, 3.63) is 29.8 Å². The van der Waals surface area contributed by atoms with Gasteiger partial charge in [0.15, 0.2) is 0 Å². The van der Waals surface area contributed by atoms with Gasteiger partial charge in [0.25, 0.3) is 0 Å². The molecule has 1 aliphatic rings. The molecule has 0 unspecified atom stereocenters. The Hall–Kier alpha value is -1.84. The van der Waals surface area contributed by atoms with Crippen LogP contribution >= 0.6 is 0 Å². The van der Waals surface area contributed by atoms with Crippen LogP contribution < -0.4 is 10.5 Å². The van der Waals surface area contributed by atoms with E-state index < -0.39 is 5.91 Å². The van der Waals surface area contributed by atoms with Crippen molar-refractivity contribution in [2.75, 3.05) is 0 Å². The molecule has 0 spiro atoms. The van der Waals surface area contributed by atoms with Gasteiger partial charge in [-0.3, -0.25) is 9.59 Å². The third-order valence-corrected chi connectivity index (χ3v) is 3.05. The lowest BCUT2D eigenvalue weighted by Crippen LogP contribution is -2.17. The van der Waals surface area contributed by atoms with Crippen molar-refractivity contribution in [3.63, 3.8) is 0 Å². The molecule has 1 fully saturated rings. The van der Waals surface area contributed by atoms with Crippen LogP contribution in [0.1, 0.15) is 36.0 Å². The van der Waals surface area contributed by atoms with Gasteiger partial charge in [-0.25, -0.2) is 0 Å². The summed E-state index contributed by atoms with van der Waals surface area (Å²) in [4.78, 5) is 22.6. The maximum atomic E-state index is 11.7. The van der Waals surface area contributed by atoms with E-state index in [2.05, 4.69) is 0 Å². The lowest BCUT2D eigenvalue weighted by molar-refractivity contribution is -0.138. The minimum atomic E-state index is -0.487. The second-order valence-electron chi connectivity index (χ2n) is 4.29. The second-order valence-corrected chi connectivity index (χ2v) is 4.29. The van der Waals surface area contributed by atoms with E-state index in [-0.39, 0.29) is 11.9 Å². The van der Waals surface area contributed by atoms with Crippen molar-refractivity contribution < 1.29 is 14.3 Å². The molecule has 1 amide bonds. The van der Waals surface area contributed by atoms with Crippen LogP contribution in [0.4, 0.5) is 0 Å². The largest absolute Gasteiger partial charge is 0.426 e. The van der Waals surface area contributed by atoms with Crippen LogP contribution in [-0.2, 0) is 4.79 Å². The smallest absolute Gasteiger partial charge is 0.314 e. The van der Waals surface area contributed by atoms with E-state index in [1.165, 1.54) is 0 Å². The van der Waals surface area contributed by atoms with Gasteiger partial charge in [-0.15, -0.1) is 0 Å². The maximum absolute atomic E-state index is 11.7. The Balaban J connectivity index is 1.98. The molecular weight excluding hydrogens is 218 g/mol. The third-order valence-electron chi connectivity index (χ3n) is 3.05. The molecule has 90 valence electrons. The van der Waals surface area contributed by atoms with Crippen molar-refractivity contribution in [1.29, 1.82) is 0 Å². The number of carbonyl (C=O) groups is 2. The van der Waals surface area contributed by atoms with Gasteiger partial charge in [0.2, 0.25) is 5.91 Å². The van der Waals surface area contributed by atoms with Gasteiger partial charge in [-0.2, -0.15) is 0 Å². The quantitative estimate of drug-likeness (QED) is 0.640. The summed E-state index contributed by atoms with van der Waals surface area (Å²) in [5, 5.41) is 0. The summed E-state index contributed by atoms with van der Waals surface area (Å²) in [5.41, 5.74) is 5.53. The molecule has 0 saturated heterocycles. The Labute approximate surface area is 99.8 Å². The number of nitrogens with two attached hydrogens (primary N) is 1. The zero-order valence-electron chi connectivity index (χ0n) is 9.52. The third kappa shape index (κ3) is 2.84. The Morgan fingerprint density at radius 3 is 2.24 bits per heavy atom. The average Bonchev–Trinajstić information content (AvgIpc) is 2.83. The number of benzene rings is 1. The molecule has 1 aromatic carbocycles. The predicted molar refractivity (Wildman–Crippen MR) is 62.6 cm³/mol. The van der Waals surface area contributed by atoms with Crippen LogP contribution in [0.25, 0.3) is 0 Å². The number of primary amides is 1. The number of hydrogen-bond acceptors (Lipinski definition) is 3. The number of amides is 1. The summed E-state index contributed by atoms with van der Waals surface area (Å²) in [7, 11) is 0. The SMILES string of the molecule is NC(=O)c1ccc(OC(=O)C2CCCC2)cc1.